The van der Waals surface area contributed by atoms with Gasteiger partial charge in [-0.05, 0) is 12.1 Å². The van der Waals surface area contributed by atoms with Crippen molar-refractivity contribution in [3.63, 3.8) is 0 Å². The van der Waals surface area contributed by atoms with Gasteiger partial charge in [0.05, 0.1) is 5.56 Å². The maximum Gasteiger partial charge on any atom is 0.254 e. The SMILES string of the molecule is O=C(NCCCl)c1ccccc1F. The molecule has 0 heterocycles. The van der Waals surface area contributed by atoms with Crippen LogP contribution >= 0.6 is 11.6 Å². The van der Waals surface area contributed by atoms with Crippen LogP contribution in [0.4, 0.5) is 4.39 Å². The number of carbonyl (C=O) groups excluding carboxylic acids is 1. The third kappa shape index (κ3) is 2.70. The molecule has 0 unspecified atom stereocenters. The molecule has 70 valence electrons. The van der Waals surface area contributed by atoms with Gasteiger partial charge in [0.15, 0.2) is 0 Å². The van der Waals surface area contributed by atoms with E-state index in [0.717, 1.165) is 0 Å². The van der Waals surface area contributed by atoms with Crippen LogP contribution in [0.15, 0.2) is 24.3 Å². The molecule has 0 saturated carbocycles. The second-order valence-electron chi connectivity index (χ2n) is 2.42. The summed E-state index contributed by atoms with van der Waals surface area (Å²) >= 11 is 5.36. The molecular formula is C9H9ClFNO. The summed E-state index contributed by atoms with van der Waals surface area (Å²) in [6.45, 7) is 0.342. The number of rotatable bonds is 3. The first-order valence-corrected chi connectivity index (χ1v) is 4.38. The molecule has 0 aliphatic heterocycles. The first-order chi connectivity index (χ1) is 6.25. The minimum atomic E-state index is -0.519. The molecule has 0 aromatic heterocycles. The molecule has 2 nitrogen and oxygen atoms in total. The molecule has 1 aromatic carbocycles. The van der Waals surface area contributed by atoms with E-state index in [4.69, 9.17) is 11.6 Å². The highest BCUT2D eigenvalue weighted by Crippen LogP contribution is 2.05. The maximum atomic E-state index is 13.0. The van der Waals surface area contributed by atoms with Crippen LogP contribution in [-0.4, -0.2) is 18.3 Å². The van der Waals surface area contributed by atoms with Crippen LogP contribution in [0.1, 0.15) is 10.4 Å². The number of amides is 1. The molecule has 1 N–H and O–H groups in total. The van der Waals surface area contributed by atoms with Crippen LogP contribution < -0.4 is 5.32 Å². The van der Waals surface area contributed by atoms with Crippen molar-refractivity contribution in [2.45, 2.75) is 0 Å². The zero-order valence-electron chi connectivity index (χ0n) is 6.89. The van der Waals surface area contributed by atoms with Crippen molar-refractivity contribution in [1.82, 2.24) is 5.32 Å². The third-order valence-electron chi connectivity index (χ3n) is 1.50. The lowest BCUT2D eigenvalue weighted by atomic mass is 10.2. The lowest BCUT2D eigenvalue weighted by molar-refractivity contribution is 0.0952. The lowest BCUT2D eigenvalue weighted by Crippen LogP contribution is -2.26. The zero-order chi connectivity index (χ0) is 9.68. The van der Waals surface area contributed by atoms with Crippen molar-refractivity contribution in [2.24, 2.45) is 0 Å². The van der Waals surface area contributed by atoms with E-state index >= 15 is 0 Å². The summed E-state index contributed by atoms with van der Waals surface area (Å²) < 4.78 is 13.0. The van der Waals surface area contributed by atoms with E-state index < -0.39 is 11.7 Å². The van der Waals surface area contributed by atoms with E-state index in [0.29, 0.717) is 12.4 Å². The number of carbonyl (C=O) groups is 1. The summed E-state index contributed by atoms with van der Waals surface area (Å²) in [4.78, 5) is 11.2. The Morgan fingerprint density at radius 2 is 2.15 bits per heavy atom. The van der Waals surface area contributed by atoms with E-state index in [9.17, 15) is 9.18 Å². The Morgan fingerprint density at radius 3 is 2.77 bits per heavy atom. The van der Waals surface area contributed by atoms with Gasteiger partial charge in [-0.1, -0.05) is 12.1 Å². The Labute approximate surface area is 80.7 Å². The first-order valence-electron chi connectivity index (χ1n) is 3.84. The predicted molar refractivity (Wildman–Crippen MR) is 49.5 cm³/mol. The van der Waals surface area contributed by atoms with Gasteiger partial charge >= 0.3 is 0 Å². The first kappa shape index (κ1) is 9.99. The highest BCUT2D eigenvalue weighted by Gasteiger charge is 2.08. The molecule has 0 spiro atoms. The van der Waals surface area contributed by atoms with Crippen LogP contribution in [-0.2, 0) is 0 Å². The fourth-order valence-corrected chi connectivity index (χ4v) is 0.996. The van der Waals surface area contributed by atoms with Crippen LogP contribution in [0.3, 0.4) is 0 Å². The second-order valence-corrected chi connectivity index (χ2v) is 2.80. The molecule has 0 bridgehead atoms. The Balaban J connectivity index is 2.71. The molecule has 0 radical (unpaired) electrons. The highest BCUT2D eigenvalue weighted by atomic mass is 35.5. The Hall–Kier alpha value is -1.09. The smallest absolute Gasteiger partial charge is 0.254 e. The minimum absolute atomic E-state index is 0.0487. The van der Waals surface area contributed by atoms with E-state index in [1.807, 2.05) is 0 Å². The van der Waals surface area contributed by atoms with Crippen molar-refractivity contribution in [1.29, 1.82) is 0 Å². The zero-order valence-corrected chi connectivity index (χ0v) is 7.64. The quantitative estimate of drug-likeness (QED) is 0.743. The molecule has 1 rings (SSSR count). The van der Waals surface area contributed by atoms with Crippen LogP contribution in [0, 0.1) is 5.82 Å². The number of alkyl halides is 1. The molecule has 0 aliphatic rings. The van der Waals surface area contributed by atoms with Crippen LogP contribution in [0.5, 0.6) is 0 Å². The van der Waals surface area contributed by atoms with E-state index in [1.165, 1.54) is 18.2 Å². The number of nitrogens with one attached hydrogen (secondary N) is 1. The lowest BCUT2D eigenvalue weighted by Gasteiger charge is -2.02. The minimum Gasteiger partial charge on any atom is -0.351 e. The van der Waals surface area contributed by atoms with Gasteiger partial charge in [0, 0.05) is 12.4 Å². The summed E-state index contributed by atoms with van der Waals surface area (Å²) in [5, 5.41) is 2.48. The van der Waals surface area contributed by atoms with Gasteiger partial charge < -0.3 is 5.32 Å². The van der Waals surface area contributed by atoms with Crippen molar-refractivity contribution in [3.8, 4) is 0 Å². The topological polar surface area (TPSA) is 29.1 Å². The number of hydrogen-bond acceptors (Lipinski definition) is 1. The van der Waals surface area contributed by atoms with Gasteiger partial charge in [0.2, 0.25) is 0 Å². The molecule has 0 saturated heterocycles. The number of halogens is 2. The van der Waals surface area contributed by atoms with Gasteiger partial charge in [0.25, 0.3) is 5.91 Å². The molecule has 13 heavy (non-hydrogen) atoms. The highest BCUT2D eigenvalue weighted by molar-refractivity contribution is 6.18. The number of benzene rings is 1. The molecule has 1 aromatic rings. The Kier molecular flexibility index (Phi) is 3.71. The fraction of sp³-hybridized carbons (Fsp3) is 0.222. The van der Waals surface area contributed by atoms with Crippen molar-refractivity contribution in [3.05, 3.63) is 35.6 Å². The van der Waals surface area contributed by atoms with Crippen molar-refractivity contribution in [2.75, 3.05) is 12.4 Å². The fourth-order valence-electron chi connectivity index (χ4n) is 0.901. The Morgan fingerprint density at radius 1 is 1.46 bits per heavy atom. The predicted octanol–water partition coefficient (Wildman–Crippen LogP) is 1.79. The average Bonchev–Trinajstić information content (AvgIpc) is 2.15. The van der Waals surface area contributed by atoms with Gasteiger partial charge in [-0.15, -0.1) is 11.6 Å². The molecular weight excluding hydrogens is 193 g/mol. The molecule has 0 atom stereocenters. The monoisotopic (exact) mass is 201 g/mol. The van der Waals surface area contributed by atoms with Crippen LogP contribution in [0.2, 0.25) is 0 Å². The molecule has 1 amide bonds. The average molecular weight is 202 g/mol. The molecule has 0 fully saturated rings. The molecule has 0 aliphatic carbocycles. The maximum absolute atomic E-state index is 13.0. The van der Waals surface area contributed by atoms with E-state index in [1.54, 1.807) is 6.07 Å². The largest absolute Gasteiger partial charge is 0.351 e. The summed E-state index contributed by atoms with van der Waals surface area (Å²) in [6.07, 6.45) is 0. The summed E-state index contributed by atoms with van der Waals surface area (Å²) in [5.41, 5.74) is 0.0487. The Bertz CT molecular complexity index is 303. The standard InChI is InChI=1S/C9H9ClFNO/c10-5-6-12-9(13)7-3-1-2-4-8(7)11/h1-4H,5-6H2,(H,12,13). The van der Waals surface area contributed by atoms with E-state index in [-0.39, 0.29) is 5.56 Å². The third-order valence-corrected chi connectivity index (χ3v) is 1.69. The van der Waals surface area contributed by atoms with Crippen molar-refractivity contribution >= 4 is 17.5 Å². The second kappa shape index (κ2) is 4.82. The summed E-state index contributed by atoms with van der Waals surface area (Å²) in [5.74, 6) is -0.631. The van der Waals surface area contributed by atoms with Gasteiger partial charge in [0.1, 0.15) is 5.82 Å². The van der Waals surface area contributed by atoms with Crippen molar-refractivity contribution < 1.29 is 9.18 Å². The van der Waals surface area contributed by atoms with Gasteiger partial charge in [-0.2, -0.15) is 0 Å². The molecule has 4 heteroatoms. The van der Waals surface area contributed by atoms with E-state index in [2.05, 4.69) is 5.32 Å². The summed E-state index contributed by atoms with van der Waals surface area (Å²) in [6, 6.07) is 5.82. The number of hydrogen-bond donors (Lipinski definition) is 1. The summed E-state index contributed by atoms with van der Waals surface area (Å²) in [7, 11) is 0. The van der Waals surface area contributed by atoms with Gasteiger partial charge in [-0.3, -0.25) is 4.79 Å². The van der Waals surface area contributed by atoms with Crippen LogP contribution in [0.25, 0.3) is 0 Å². The normalized spacial score (nSPS) is 9.69. The van der Waals surface area contributed by atoms with Gasteiger partial charge in [-0.25, -0.2) is 4.39 Å².